The predicted octanol–water partition coefficient (Wildman–Crippen LogP) is 3.01. The minimum absolute atomic E-state index is 0.0119. The Morgan fingerprint density at radius 2 is 1.92 bits per heavy atom. The summed E-state index contributed by atoms with van der Waals surface area (Å²) in [5.41, 5.74) is 2.77. The molecule has 0 unspecified atom stereocenters. The minimum Gasteiger partial charge on any atom is -0.466 e. The maximum absolute atomic E-state index is 12.5. The Labute approximate surface area is 149 Å². The third-order valence-electron chi connectivity index (χ3n) is 5.55. The molecular weight excluding hydrogens is 316 g/mol. The Kier molecular flexibility index (Phi) is 5.30. The van der Waals surface area contributed by atoms with Crippen LogP contribution >= 0.6 is 0 Å². The Morgan fingerprint density at radius 1 is 1.24 bits per heavy atom. The standard InChI is InChI=1S/C20H28N2O3/c1-3-25-18(23)16-8-12-22(13-9-16)19(24)21-14-20(10-11-20)17-7-5-4-6-15(17)2/h4-7,16H,3,8-14H2,1-2H3,(H,21,24). The fraction of sp³-hybridized carbons (Fsp3) is 0.600. The second-order valence-electron chi connectivity index (χ2n) is 7.27. The normalized spacial score (nSPS) is 19.4. The van der Waals surface area contributed by atoms with Crippen molar-refractivity contribution in [3.05, 3.63) is 35.4 Å². The molecule has 25 heavy (non-hydrogen) atoms. The van der Waals surface area contributed by atoms with Gasteiger partial charge in [0.1, 0.15) is 0 Å². The summed E-state index contributed by atoms with van der Waals surface area (Å²) in [4.78, 5) is 26.1. The number of likely N-dealkylation sites (tertiary alicyclic amines) is 1. The topological polar surface area (TPSA) is 58.6 Å². The second-order valence-corrected chi connectivity index (χ2v) is 7.27. The fourth-order valence-corrected chi connectivity index (χ4v) is 3.80. The number of amides is 2. The first-order valence-corrected chi connectivity index (χ1v) is 9.31. The van der Waals surface area contributed by atoms with Crippen molar-refractivity contribution < 1.29 is 14.3 Å². The zero-order valence-corrected chi connectivity index (χ0v) is 15.2. The molecule has 0 spiro atoms. The SMILES string of the molecule is CCOC(=O)C1CCN(C(=O)NCC2(c3ccccc3C)CC2)CC1. The van der Waals surface area contributed by atoms with Crippen LogP contribution in [0.3, 0.4) is 0 Å². The van der Waals surface area contributed by atoms with E-state index in [4.69, 9.17) is 4.74 Å². The van der Waals surface area contributed by atoms with Gasteiger partial charge in [0.25, 0.3) is 0 Å². The Hall–Kier alpha value is -2.04. The molecule has 0 radical (unpaired) electrons. The molecule has 1 aromatic rings. The number of esters is 1. The molecule has 0 aromatic heterocycles. The van der Waals surface area contributed by atoms with Crippen LogP contribution < -0.4 is 5.32 Å². The molecule has 2 aliphatic rings. The highest BCUT2D eigenvalue weighted by molar-refractivity contribution is 5.76. The van der Waals surface area contributed by atoms with Gasteiger partial charge in [0.2, 0.25) is 0 Å². The van der Waals surface area contributed by atoms with Crippen LogP contribution in [0.2, 0.25) is 0 Å². The summed E-state index contributed by atoms with van der Waals surface area (Å²) in [6.07, 6.45) is 3.64. The van der Waals surface area contributed by atoms with Crippen LogP contribution in [0.5, 0.6) is 0 Å². The van der Waals surface area contributed by atoms with Gasteiger partial charge in [-0.1, -0.05) is 24.3 Å². The number of piperidine rings is 1. The van der Waals surface area contributed by atoms with Crippen molar-refractivity contribution in [1.29, 1.82) is 0 Å². The molecule has 136 valence electrons. The quantitative estimate of drug-likeness (QED) is 0.836. The molecule has 3 rings (SSSR count). The molecule has 1 saturated carbocycles. The van der Waals surface area contributed by atoms with Crippen LogP contribution in [0.15, 0.2) is 24.3 Å². The summed E-state index contributed by atoms with van der Waals surface area (Å²) < 4.78 is 5.08. The van der Waals surface area contributed by atoms with E-state index in [1.807, 2.05) is 11.8 Å². The summed E-state index contributed by atoms with van der Waals surface area (Å²) in [7, 11) is 0. The van der Waals surface area contributed by atoms with Crippen LogP contribution in [0.25, 0.3) is 0 Å². The maximum atomic E-state index is 12.5. The highest BCUT2D eigenvalue weighted by Crippen LogP contribution is 2.48. The summed E-state index contributed by atoms with van der Waals surface area (Å²) >= 11 is 0. The summed E-state index contributed by atoms with van der Waals surface area (Å²) in [5.74, 6) is -0.190. The zero-order valence-electron chi connectivity index (χ0n) is 15.2. The van der Waals surface area contributed by atoms with E-state index < -0.39 is 0 Å². The first kappa shape index (κ1) is 17.8. The number of aryl methyl sites for hydroxylation is 1. The van der Waals surface area contributed by atoms with Crippen molar-refractivity contribution in [1.82, 2.24) is 10.2 Å². The van der Waals surface area contributed by atoms with Gasteiger partial charge in [-0.25, -0.2) is 4.79 Å². The highest BCUT2D eigenvalue weighted by atomic mass is 16.5. The zero-order chi connectivity index (χ0) is 17.9. The number of hydrogen-bond donors (Lipinski definition) is 1. The number of ether oxygens (including phenoxy) is 1. The van der Waals surface area contributed by atoms with E-state index in [9.17, 15) is 9.59 Å². The van der Waals surface area contributed by atoms with Crippen molar-refractivity contribution >= 4 is 12.0 Å². The highest BCUT2D eigenvalue weighted by Gasteiger charge is 2.45. The molecule has 1 saturated heterocycles. The third-order valence-corrected chi connectivity index (χ3v) is 5.55. The number of nitrogens with one attached hydrogen (secondary N) is 1. The molecule has 1 N–H and O–H groups in total. The third kappa shape index (κ3) is 3.97. The summed E-state index contributed by atoms with van der Waals surface area (Å²) in [6, 6.07) is 8.43. The average molecular weight is 344 g/mol. The van der Waals surface area contributed by atoms with Gasteiger partial charge in [-0.15, -0.1) is 0 Å². The first-order valence-electron chi connectivity index (χ1n) is 9.31. The molecule has 5 nitrogen and oxygen atoms in total. The van der Waals surface area contributed by atoms with Crippen molar-refractivity contribution in [2.45, 2.75) is 44.9 Å². The van der Waals surface area contributed by atoms with Gasteiger partial charge in [0.05, 0.1) is 12.5 Å². The van der Waals surface area contributed by atoms with Gasteiger partial charge in [-0.2, -0.15) is 0 Å². The number of benzene rings is 1. The maximum Gasteiger partial charge on any atom is 0.317 e. The number of carbonyl (C=O) groups is 2. The largest absolute Gasteiger partial charge is 0.466 e. The van der Waals surface area contributed by atoms with Crippen LogP contribution in [-0.2, 0) is 14.9 Å². The molecule has 1 aliphatic heterocycles. The van der Waals surface area contributed by atoms with Crippen LogP contribution in [0.4, 0.5) is 4.79 Å². The van der Waals surface area contributed by atoms with Crippen LogP contribution in [0, 0.1) is 12.8 Å². The van der Waals surface area contributed by atoms with E-state index in [-0.39, 0.29) is 23.3 Å². The molecule has 0 atom stereocenters. The van der Waals surface area contributed by atoms with E-state index in [2.05, 4.69) is 36.5 Å². The Balaban J connectivity index is 1.49. The first-order chi connectivity index (χ1) is 12.1. The molecule has 1 aliphatic carbocycles. The number of carbonyl (C=O) groups excluding carboxylic acids is 2. The number of rotatable bonds is 5. The monoisotopic (exact) mass is 344 g/mol. The van der Waals surface area contributed by atoms with E-state index in [0.29, 0.717) is 39.1 Å². The van der Waals surface area contributed by atoms with Crippen molar-refractivity contribution in [2.75, 3.05) is 26.2 Å². The summed E-state index contributed by atoms with van der Waals surface area (Å²) in [5, 5.41) is 3.12. The van der Waals surface area contributed by atoms with Gasteiger partial charge in [-0.3, -0.25) is 4.79 Å². The molecule has 1 aromatic carbocycles. The van der Waals surface area contributed by atoms with Crippen molar-refractivity contribution in [3.8, 4) is 0 Å². The number of nitrogens with zero attached hydrogens (tertiary/aromatic N) is 1. The van der Waals surface area contributed by atoms with E-state index in [1.165, 1.54) is 11.1 Å². The van der Waals surface area contributed by atoms with E-state index in [0.717, 1.165) is 12.8 Å². The van der Waals surface area contributed by atoms with E-state index >= 15 is 0 Å². The molecule has 0 bridgehead atoms. The lowest BCUT2D eigenvalue weighted by atomic mass is 9.92. The Morgan fingerprint density at radius 3 is 2.52 bits per heavy atom. The van der Waals surface area contributed by atoms with Gasteiger partial charge in [0, 0.05) is 25.0 Å². The van der Waals surface area contributed by atoms with Gasteiger partial charge in [-0.05, 0) is 50.7 Å². The van der Waals surface area contributed by atoms with Gasteiger partial charge >= 0.3 is 12.0 Å². The van der Waals surface area contributed by atoms with E-state index in [1.54, 1.807) is 0 Å². The lowest BCUT2D eigenvalue weighted by molar-refractivity contribution is -0.149. The van der Waals surface area contributed by atoms with Gasteiger partial charge < -0.3 is 15.0 Å². The molecule has 1 heterocycles. The predicted molar refractivity (Wildman–Crippen MR) is 96.4 cm³/mol. The lowest BCUT2D eigenvalue weighted by Crippen LogP contribution is -2.47. The molecule has 2 fully saturated rings. The summed E-state index contributed by atoms with van der Waals surface area (Å²) in [6.45, 7) is 6.30. The molecular formula is C20H28N2O3. The minimum atomic E-state index is -0.126. The lowest BCUT2D eigenvalue weighted by Gasteiger charge is -2.31. The fourth-order valence-electron chi connectivity index (χ4n) is 3.80. The number of urea groups is 1. The Bertz CT molecular complexity index is 632. The smallest absolute Gasteiger partial charge is 0.317 e. The second kappa shape index (κ2) is 7.46. The van der Waals surface area contributed by atoms with Crippen LogP contribution in [0.1, 0.15) is 43.7 Å². The average Bonchev–Trinajstić information content (AvgIpc) is 3.41. The van der Waals surface area contributed by atoms with Crippen LogP contribution in [-0.4, -0.2) is 43.1 Å². The molecule has 2 amide bonds. The van der Waals surface area contributed by atoms with Gasteiger partial charge in [0.15, 0.2) is 0 Å². The molecule has 5 heteroatoms. The number of hydrogen-bond acceptors (Lipinski definition) is 3. The van der Waals surface area contributed by atoms with Crippen molar-refractivity contribution in [2.24, 2.45) is 5.92 Å². The van der Waals surface area contributed by atoms with Crippen molar-refractivity contribution in [3.63, 3.8) is 0 Å².